The standard InChI is InChI=1S/C18H31N7O8/c1-7(2)3-11(18(32)33)25-17(31)10(6-14(22)28)24-16(30)9(5-13(21)27)23-15(29)8(19)4-12(20)26/h7-11H,3-6,19H2,1-2H3,(H2,20,26)(H2,21,27)(H2,22,28)(H,23,29)(H,24,30)(H,25,31)(H,32,33). The van der Waals surface area contributed by atoms with Crippen molar-refractivity contribution in [1.82, 2.24) is 16.0 Å². The molecule has 186 valence electrons. The van der Waals surface area contributed by atoms with Gasteiger partial charge in [0.15, 0.2) is 0 Å². The molecular weight excluding hydrogens is 442 g/mol. The molecule has 0 aliphatic rings. The Morgan fingerprint density at radius 2 is 1.03 bits per heavy atom. The van der Waals surface area contributed by atoms with Gasteiger partial charge in [-0.3, -0.25) is 28.8 Å². The molecule has 15 heteroatoms. The van der Waals surface area contributed by atoms with Gasteiger partial charge in [-0.2, -0.15) is 0 Å². The van der Waals surface area contributed by atoms with E-state index < -0.39 is 84.8 Å². The number of carbonyl (C=O) groups is 7. The van der Waals surface area contributed by atoms with Crippen LogP contribution in [0.4, 0.5) is 0 Å². The van der Waals surface area contributed by atoms with Crippen LogP contribution in [-0.2, 0) is 33.6 Å². The molecule has 0 aliphatic heterocycles. The van der Waals surface area contributed by atoms with E-state index in [1.54, 1.807) is 13.8 Å². The Morgan fingerprint density at radius 3 is 1.36 bits per heavy atom. The molecule has 0 bridgehead atoms. The summed E-state index contributed by atoms with van der Waals surface area (Å²) in [7, 11) is 0. The number of carbonyl (C=O) groups excluding carboxylic acids is 6. The molecule has 33 heavy (non-hydrogen) atoms. The molecule has 0 aromatic carbocycles. The van der Waals surface area contributed by atoms with Crippen LogP contribution in [-0.4, -0.2) is 70.7 Å². The van der Waals surface area contributed by atoms with Crippen LogP contribution in [0, 0.1) is 5.92 Å². The largest absolute Gasteiger partial charge is 0.480 e. The molecule has 0 aromatic heterocycles. The molecule has 0 heterocycles. The van der Waals surface area contributed by atoms with Gasteiger partial charge in [0.25, 0.3) is 0 Å². The smallest absolute Gasteiger partial charge is 0.326 e. The summed E-state index contributed by atoms with van der Waals surface area (Å²) >= 11 is 0. The van der Waals surface area contributed by atoms with Gasteiger partial charge in [0.05, 0.1) is 25.3 Å². The molecule has 0 aromatic rings. The summed E-state index contributed by atoms with van der Waals surface area (Å²) in [5.41, 5.74) is 20.6. The molecule has 0 spiro atoms. The van der Waals surface area contributed by atoms with E-state index in [9.17, 15) is 38.7 Å². The van der Waals surface area contributed by atoms with Gasteiger partial charge in [-0.15, -0.1) is 0 Å². The van der Waals surface area contributed by atoms with Crippen LogP contribution in [0.25, 0.3) is 0 Å². The van der Waals surface area contributed by atoms with E-state index in [0.29, 0.717) is 0 Å². The molecule has 0 fully saturated rings. The van der Waals surface area contributed by atoms with E-state index >= 15 is 0 Å². The SMILES string of the molecule is CC(C)CC(NC(=O)C(CC(N)=O)NC(=O)C(CC(N)=O)NC(=O)C(N)CC(N)=O)C(=O)O. The maximum atomic E-state index is 12.6. The molecule has 0 saturated carbocycles. The van der Waals surface area contributed by atoms with Crippen molar-refractivity contribution in [2.45, 2.75) is 63.7 Å². The molecule has 12 N–H and O–H groups in total. The lowest BCUT2D eigenvalue weighted by molar-refractivity contribution is -0.143. The fraction of sp³-hybridized carbons (Fsp3) is 0.611. The third-order valence-corrected chi connectivity index (χ3v) is 4.16. The van der Waals surface area contributed by atoms with Crippen molar-refractivity contribution in [1.29, 1.82) is 0 Å². The fourth-order valence-corrected chi connectivity index (χ4v) is 2.65. The Balaban J connectivity index is 5.56. The summed E-state index contributed by atoms with van der Waals surface area (Å²) < 4.78 is 0. The lowest BCUT2D eigenvalue weighted by Gasteiger charge is -2.24. The molecule has 6 amide bonds. The molecular formula is C18H31N7O8. The van der Waals surface area contributed by atoms with Gasteiger partial charge in [-0.25, -0.2) is 4.79 Å². The van der Waals surface area contributed by atoms with Crippen LogP contribution < -0.4 is 38.9 Å². The van der Waals surface area contributed by atoms with E-state index in [0.717, 1.165) is 0 Å². The molecule has 0 radical (unpaired) electrons. The number of nitrogens with two attached hydrogens (primary N) is 4. The number of primary amides is 3. The second kappa shape index (κ2) is 13.6. The minimum atomic E-state index is -1.62. The predicted molar refractivity (Wildman–Crippen MR) is 112 cm³/mol. The summed E-state index contributed by atoms with van der Waals surface area (Å²) in [5, 5.41) is 15.7. The van der Waals surface area contributed by atoms with Crippen molar-refractivity contribution in [3.05, 3.63) is 0 Å². The number of rotatable bonds is 15. The summed E-state index contributed by atoms with van der Waals surface area (Å²) in [6, 6.07) is -5.97. The minimum absolute atomic E-state index is 0.0659. The highest BCUT2D eigenvalue weighted by Gasteiger charge is 2.32. The molecule has 4 unspecified atom stereocenters. The zero-order chi connectivity index (χ0) is 25.9. The van der Waals surface area contributed by atoms with Crippen molar-refractivity contribution in [3.63, 3.8) is 0 Å². The van der Waals surface area contributed by atoms with Crippen LogP contribution >= 0.6 is 0 Å². The van der Waals surface area contributed by atoms with Gasteiger partial charge in [-0.05, 0) is 12.3 Å². The number of nitrogens with one attached hydrogen (secondary N) is 3. The highest BCUT2D eigenvalue weighted by molar-refractivity contribution is 5.98. The number of hydrogen-bond donors (Lipinski definition) is 8. The third-order valence-electron chi connectivity index (χ3n) is 4.16. The Kier molecular flexibility index (Phi) is 12.1. The van der Waals surface area contributed by atoms with Crippen molar-refractivity contribution in [3.8, 4) is 0 Å². The zero-order valence-electron chi connectivity index (χ0n) is 18.3. The molecule has 0 saturated heterocycles. The normalized spacial score (nSPS) is 14.3. The van der Waals surface area contributed by atoms with E-state index in [2.05, 4.69) is 16.0 Å². The number of carboxylic acid groups (broad SMARTS) is 1. The summed E-state index contributed by atoms with van der Waals surface area (Å²) in [6.07, 6.45) is -1.90. The lowest BCUT2D eigenvalue weighted by Crippen LogP contribution is -2.58. The summed E-state index contributed by atoms with van der Waals surface area (Å²) in [4.78, 5) is 82.3. The zero-order valence-corrected chi connectivity index (χ0v) is 18.3. The Hall–Kier alpha value is -3.75. The Morgan fingerprint density at radius 1 is 0.667 bits per heavy atom. The van der Waals surface area contributed by atoms with Gasteiger partial charge in [0, 0.05) is 0 Å². The van der Waals surface area contributed by atoms with Gasteiger partial charge in [-0.1, -0.05) is 13.8 Å². The average molecular weight is 473 g/mol. The number of aliphatic carboxylic acids is 1. The second-order valence-corrected chi connectivity index (χ2v) is 7.77. The van der Waals surface area contributed by atoms with Crippen molar-refractivity contribution in [2.75, 3.05) is 0 Å². The van der Waals surface area contributed by atoms with E-state index in [4.69, 9.17) is 22.9 Å². The highest BCUT2D eigenvalue weighted by Crippen LogP contribution is 2.06. The quantitative estimate of drug-likeness (QED) is 0.114. The van der Waals surface area contributed by atoms with E-state index in [-0.39, 0.29) is 12.3 Å². The maximum absolute atomic E-state index is 12.6. The first-order valence-electron chi connectivity index (χ1n) is 9.88. The maximum Gasteiger partial charge on any atom is 0.326 e. The Labute approximate surface area is 189 Å². The highest BCUT2D eigenvalue weighted by atomic mass is 16.4. The van der Waals surface area contributed by atoms with Crippen LogP contribution in [0.1, 0.15) is 39.5 Å². The number of hydrogen-bond acceptors (Lipinski definition) is 8. The average Bonchev–Trinajstić information content (AvgIpc) is 2.64. The molecule has 15 nitrogen and oxygen atoms in total. The van der Waals surface area contributed by atoms with Crippen molar-refractivity contribution in [2.24, 2.45) is 28.9 Å². The first-order valence-corrected chi connectivity index (χ1v) is 9.88. The predicted octanol–water partition coefficient (Wildman–Crippen LogP) is -4.48. The minimum Gasteiger partial charge on any atom is -0.480 e. The van der Waals surface area contributed by atoms with E-state index in [1.165, 1.54) is 0 Å². The Bertz CT molecular complexity index is 786. The molecule has 4 atom stereocenters. The monoisotopic (exact) mass is 473 g/mol. The number of amides is 6. The fourth-order valence-electron chi connectivity index (χ4n) is 2.65. The number of carboxylic acids is 1. The first-order chi connectivity index (χ1) is 15.1. The van der Waals surface area contributed by atoms with Gasteiger partial charge < -0.3 is 44.0 Å². The topological polar surface area (TPSA) is 280 Å². The lowest BCUT2D eigenvalue weighted by atomic mass is 10.0. The van der Waals surface area contributed by atoms with Crippen LogP contribution in [0.3, 0.4) is 0 Å². The molecule has 0 aliphatic carbocycles. The summed E-state index contributed by atoms with van der Waals surface area (Å²) in [6.45, 7) is 3.45. The van der Waals surface area contributed by atoms with E-state index in [1.807, 2.05) is 0 Å². The second-order valence-electron chi connectivity index (χ2n) is 7.77. The van der Waals surface area contributed by atoms with Crippen LogP contribution in [0.2, 0.25) is 0 Å². The first kappa shape index (κ1) is 29.2. The third kappa shape index (κ3) is 12.0. The summed E-state index contributed by atoms with van der Waals surface area (Å²) in [5.74, 6) is -7.45. The van der Waals surface area contributed by atoms with Crippen LogP contribution in [0.15, 0.2) is 0 Å². The van der Waals surface area contributed by atoms with Crippen LogP contribution in [0.5, 0.6) is 0 Å². The van der Waals surface area contributed by atoms with Crippen molar-refractivity contribution < 1.29 is 38.7 Å². The van der Waals surface area contributed by atoms with Gasteiger partial charge in [0.1, 0.15) is 18.1 Å². The van der Waals surface area contributed by atoms with Crippen molar-refractivity contribution >= 4 is 41.4 Å². The van der Waals surface area contributed by atoms with Gasteiger partial charge in [0.2, 0.25) is 35.4 Å². The molecule has 0 rings (SSSR count). The van der Waals surface area contributed by atoms with Gasteiger partial charge >= 0.3 is 5.97 Å².